The van der Waals surface area contributed by atoms with Gasteiger partial charge in [0.05, 0.1) is 5.38 Å². The second kappa shape index (κ2) is 4.85. The highest BCUT2D eigenvalue weighted by Gasteiger charge is 2.11. The van der Waals surface area contributed by atoms with Gasteiger partial charge >= 0.3 is 0 Å². The van der Waals surface area contributed by atoms with Crippen LogP contribution >= 0.6 is 55.1 Å². The van der Waals surface area contributed by atoms with Crippen LogP contribution in [0, 0.1) is 0 Å². The van der Waals surface area contributed by atoms with Gasteiger partial charge in [-0.05, 0) is 43.5 Å². The summed E-state index contributed by atoms with van der Waals surface area (Å²) in [6, 6.07) is 5.84. The van der Waals surface area contributed by atoms with Crippen LogP contribution in [0.1, 0.15) is 10.9 Å². The summed E-state index contributed by atoms with van der Waals surface area (Å²) in [7, 11) is 0. The van der Waals surface area contributed by atoms with Crippen molar-refractivity contribution in [2.75, 3.05) is 5.88 Å². The summed E-state index contributed by atoms with van der Waals surface area (Å²) in [5, 5.41) is -0.140. The Bertz CT molecular complexity index is 276. The minimum Gasteiger partial charge on any atom is -0.125 e. The molecule has 0 aromatic heterocycles. The van der Waals surface area contributed by atoms with E-state index in [1.165, 1.54) is 0 Å². The normalized spacial score (nSPS) is 13.0. The molecule has 0 aliphatic carbocycles. The molecule has 1 aromatic carbocycles. The van der Waals surface area contributed by atoms with Crippen LogP contribution in [-0.4, -0.2) is 5.88 Å². The fourth-order valence-corrected chi connectivity index (χ4v) is 2.25. The Hall–Kier alpha value is 0.760. The van der Waals surface area contributed by atoms with Crippen molar-refractivity contribution in [3.8, 4) is 0 Å². The van der Waals surface area contributed by atoms with E-state index in [-0.39, 0.29) is 5.38 Å². The fraction of sp³-hybridized carbons (Fsp3) is 0.250. The molecule has 0 saturated carbocycles. The zero-order valence-electron chi connectivity index (χ0n) is 6.03. The topological polar surface area (TPSA) is 0 Å². The number of hydrogen-bond acceptors (Lipinski definition) is 0. The number of alkyl halides is 2. The van der Waals surface area contributed by atoms with Gasteiger partial charge in [0, 0.05) is 14.8 Å². The molecule has 0 spiro atoms. The van der Waals surface area contributed by atoms with Gasteiger partial charge in [-0.15, -0.1) is 23.2 Å². The molecule has 4 heteroatoms. The van der Waals surface area contributed by atoms with Crippen molar-refractivity contribution in [1.82, 2.24) is 0 Å². The molecule has 12 heavy (non-hydrogen) atoms. The van der Waals surface area contributed by atoms with Crippen molar-refractivity contribution in [3.05, 3.63) is 32.7 Å². The second-order valence-corrected chi connectivity index (χ2v) is 4.75. The molecular weight excluding hydrogens is 327 g/mol. The predicted molar refractivity (Wildman–Crippen MR) is 61.2 cm³/mol. The van der Waals surface area contributed by atoms with E-state index in [0.717, 1.165) is 14.5 Å². The van der Waals surface area contributed by atoms with Gasteiger partial charge in [-0.3, -0.25) is 0 Å². The van der Waals surface area contributed by atoms with E-state index in [1.807, 2.05) is 18.2 Å². The summed E-state index contributed by atoms with van der Waals surface area (Å²) < 4.78 is 1.97. The standard InChI is InChI=1S/C8H6Br2Cl2/c9-6-3-1-2-5(8(6)10)7(12)4-11/h1-3,7H,4H2. The number of halogens is 4. The highest BCUT2D eigenvalue weighted by atomic mass is 79.9. The van der Waals surface area contributed by atoms with Crippen LogP contribution in [0.3, 0.4) is 0 Å². The van der Waals surface area contributed by atoms with Crippen molar-refractivity contribution < 1.29 is 0 Å². The van der Waals surface area contributed by atoms with Gasteiger partial charge in [0.25, 0.3) is 0 Å². The molecule has 0 aliphatic rings. The van der Waals surface area contributed by atoms with Crippen LogP contribution < -0.4 is 0 Å². The van der Waals surface area contributed by atoms with Crippen LogP contribution in [0.2, 0.25) is 0 Å². The quantitative estimate of drug-likeness (QED) is 0.687. The van der Waals surface area contributed by atoms with Crippen molar-refractivity contribution in [1.29, 1.82) is 0 Å². The van der Waals surface area contributed by atoms with E-state index in [0.29, 0.717) is 5.88 Å². The van der Waals surface area contributed by atoms with Gasteiger partial charge in [0.1, 0.15) is 0 Å². The minimum atomic E-state index is -0.140. The molecule has 1 rings (SSSR count). The number of rotatable bonds is 2. The average molecular weight is 333 g/mol. The zero-order valence-corrected chi connectivity index (χ0v) is 10.7. The van der Waals surface area contributed by atoms with E-state index >= 15 is 0 Å². The fourth-order valence-electron chi connectivity index (χ4n) is 0.846. The molecule has 1 atom stereocenters. The van der Waals surface area contributed by atoms with Crippen LogP contribution in [0.15, 0.2) is 27.1 Å². The zero-order chi connectivity index (χ0) is 9.14. The van der Waals surface area contributed by atoms with Gasteiger partial charge in [0.15, 0.2) is 0 Å². The highest BCUT2D eigenvalue weighted by molar-refractivity contribution is 9.13. The van der Waals surface area contributed by atoms with Gasteiger partial charge in [-0.2, -0.15) is 0 Å². The third-order valence-corrected chi connectivity index (χ3v) is 4.39. The maximum atomic E-state index is 5.99. The van der Waals surface area contributed by atoms with E-state index in [4.69, 9.17) is 23.2 Å². The Morgan fingerprint density at radius 3 is 2.58 bits per heavy atom. The molecule has 0 fully saturated rings. The SMILES string of the molecule is ClCC(Cl)c1cccc(Br)c1Br. The summed E-state index contributed by atoms with van der Waals surface area (Å²) in [4.78, 5) is 0. The molecule has 0 aliphatic heterocycles. The van der Waals surface area contributed by atoms with Crippen molar-refractivity contribution in [2.24, 2.45) is 0 Å². The smallest absolute Gasteiger partial charge is 0.0731 e. The monoisotopic (exact) mass is 330 g/mol. The Balaban J connectivity index is 3.07. The molecular formula is C8H6Br2Cl2. The summed E-state index contributed by atoms with van der Waals surface area (Å²) in [6.07, 6.45) is 0. The maximum Gasteiger partial charge on any atom is 0.0731 e. The molecule has 0 amide bonds. The molecule has 0 saturated heterocycles. The van der Waals surface area contributed by atoms with Crippen LogP contribution in [-0.2, 0) is 0 Å². The first-order valence-corrected chi connectivity index (χ1v) is 5.86. The first-order valence-electron chi connectivity index (χ1n) is 3.30. The molecule has 0 N–H and O–H groups in total. The van der Waals surface area contributed by atoms with E-state index in [1.54, 1.807) is 0 Å². The Morgan fingerprint density at radius 1 is 1.33 bits per heavy atom. The molecule has 1 aromatic rings. The van der Waals surface area contributed by atoms with Gasteiger partial charge < -0.3 is 0 Å². The van der Waals surface area contributed by atoms with Gasteiger partial charge in [-0.25, -0.2) is 0 Å². The van der Waals surface area contributed by atoms with Gasteiger partial charge in [-0.1, -0.05) is 12.1 Å². The van der Waals surface area contributed by atoms with E-state index < -0.39 is 0 Å². The summed E-state index contributed by atoms with van der Waals surface area (Å²) in [6.45, 7) is 0. The lowest BCUT2D eigenvalue weighted by Crippen LogP contribution is -1.92. The first kappa shape index (κ1) is 10.8. The van der Waals surface area contributed by atoms with Crippen LogP contribution in [0.5, 0.6) is 0 Å². The Kier molecular flexibility index (Phi) is 4.38. The van der Waals surface area contributed by atoms with Crippen LogP contribution in [0.4, 0.5) is 0 Å². The Morgan fingerprint density at radius 2 is 2.00 bits per heavy atom. The second-order valence-electron chi connectivity index (χ2n) is 2.26. The van der Waals surface area contributed by atoms with Gasteiger partial charge in [0.2, 0.25) is 0 Å². The summed E-state index contributed by atoms with van der Waals surface area (Å²) in [5.41, 5.74) is 1.01. The van der Waals surface area contributed by atoms with Crippen molar-refractivity contribution in [3.63, 3.8) is 0 Å². The number of hydrogen-bond donors (Lipinski definition) is 0. The molecule has 0 nitrogen and oxygen atoms in total. The lowest BCUT2D eigenvalue weighted by atomic mass is 10.2. The van der Waals surface area contributed by atoms with Crippen LogP contribution in [0.25, 0.3) is 0 Å². The highest BCUT2D eigenvalue weighted by Crippen LogP contribution is 2.33. The number of benzene rings is 1. The molecule has 1 unspecified atom stereocenters. The maximum absolute atomic E-state index is 5.99. The van der Waals surface area contributed by atoms with Crippen molar-refractivity contribution in [2.45, 2.75) is 5.38 Å². The van der Waals surface area contributed by atoms with Crippen molar-refractivity contribution >= 4 is 55.1 Å². The molecule has 0 bridgehead atoms. The predicted octanol–water partition coefficient (Wildman–Crippen LogP) is 4.73. The lowest BCUT2D eigenvalue weighted by Gasteiger charge is -2.09. The summed E-state index contributed by atoms with van der Waals surface area (Å²) in [5.74, 6) is 0.413. The first-order chi connectivity index (χ1) is 5.66. The minimum absolute atomic E-state index is 0.140. The average Bonchev–Trinajstić information content (AvgIpc) is 2.08. The molecule has 0 radical (unpaired) electrons. The third kappa shape index (κ3) is 2.38. The summed E-state index contributed by atoms with van der Waals surface area (Å²) >= 11 is 18.5. The Labute approximate surface area is 98.5 Å². The largest absolute Gasteiger partial charge is 0.125 e. The van der Waals surface area contributed by atoms with E-state index in [9.17, 15) is 0 Å². The van der Waals surface area contributed by atoms with E-state index in [2.05, 4.69) is 31.9 Å². The molecule has 66 valence electrons. The third-order valence-electron chi connectivity index (χ3n) is 1.45. The molecule has 0 heterocycles. The lowest BCUT2D eigenvalue weighted by molar-refractivity contribution is 1.08.